The van der Waals surface area contributed by atoms with Crippen LogP contribution in [0.4, 0.5) is 5.69 Å². The van der Waals surface area contributed by atoms with Crippen molar-refractivity contribution in [3.63, 3.8) is 0 Å². The summed E-state index contributed by atoms with van der Waals surface area (Å²) in [6.45, 7) is 2.02. The van der Waals surface area contributed by atoms with E-state index in [1.165, 1.54) is 6.07 Å². The molecule has 4 N–H and O–H groups in total. The van der Waals surface area contributed by atoms with Gasteiger partial charge in [-0.3, -0.25) is 14.3 Å². The van der Waals surface area contributed by atoms with E-state index >= 15 is 0 Å². The molecule has 3 aromatic rings. The number of benzene rings is 1. The Morgan fingerprint density at radius 2 is 2.13 bits per heavy atom. The minimum absolute atomic E-state index is 0.194. The van der Waals surface area contributed by atoms with Crippen LogP contribution in [0.5, 0.6) is 0 Å². The minimum Gasteiger partial charge on any atom is -0.395 e. The summed E-state index contributed by atoms with van der Waals surface area (Å²) in [6.07, 6.45) is 0. The van der Waals surface area contributed by atoms with E-state index in [0.29, 0.717) is 5.69 Å². The topological polar surface area (TPSA) is 106 Å². The molecule has 0 aliphatic heterocycles. The van der Waals surface area contributed by atoms with Crippen LogP contribution in [-0.4, -0.2) is 20.7 Å². The van der Waals surface area contributed by atoms with Gasteiger partial charge in [0, 0.05) is 30.6 Å². The average molecular weight is 311 g/mol. The highest BCUT2D eigenvalue weighted by Crippen LogP contribution is 2.16. The number of hydrogen-bond donors (Lipinski definition) is 3. The summed E-state index contributed by atoms with van der Waals surface area (Å²) in [5.74, 6) is -0.365. The first-order valence-corrected chi connectivity index (χ1v) is 7.15. The van der Waals surface area contributed by atoms with Gasteiger partial charge in [-0.25, -0.2) is 0 Å². The number of aromatic amines is 1. The summed E-state index contributed by atoms with van der Waals surface area (Å²) in [5.41, 5.74) is 8.44. The number of anilines is 1. The largest absolute Gasteiger partial charge is 0.395 e. The van der Waals surface area contributed by atoms with Crippen LogP contribution in [0, 0.1) is 6.92 Å². The van der Waals surface area contributed by atoms with Crippen LogP contribution in [0.2, 0.25) is 0 Å². The number of nitrogens with two attached hydrogens (primary N) is 1. The first kappa shape index (κ1) is 14.8. The maximum Gasteiger partial charge on any atom is 0.274 e. The molecule has 0 radical (unpaired) electrons. The molecule has 0 saturated carbocycles. The second kappa shape index (κ2) is 5.60. The highest BCUT2D eigenvalue weighted by molar-refractivity contribution is 5.97. The van der Waals surface area contributed by atoms with E-state index in [1.807, 2.05) is 24.3 Å². The number of H-pyrrole nitrogens is 1. The molecule has 0 bridgehead atoms. The zero-order chi connectivity index (χ0) is 16.6. The van der Waals surface area contributed by atoms with Crippen LogP contribution in [0.15, 0.2) is 35.1 Å². The van der Waals surface area contributed by atoms with E-state index in [4.69, 9.17) is 5.73 Å². The number of carbonyl (C=O) groups is 1. The summed E-state index contributed by atoms with van der Waals surface area (Å²) in [6, 6.07) is 8.92. The quantitative estimate of drug-likeness (QED) is 0.673. The van der Waals surface area contributed by atoms with Gasteiger partial charge in [-0.15, -0.1) is 0 Å². The molecule has 7 nitrogen and oxygen atoms in total. The van der Waals surface area contributed by atoms with Gasteiger partial charge >= 0.3 is 0 Å². The molecule has 0 spiro atoms. The van der Waals surface area contributed by atoms with Crippen LogP contribution in [0.3, 0.4) is 0 Å². The first-order valence-electron chi connectivity index (χ1n) is 7.15. The summed E-state index contributed by atoms with van der Waals surface area (Å²) in [7, 11) is 1.73. The fourth-order valence-corrected chi connectivity index (χ4v) is 2.47. The first-order chi connectivity index (χ1) is 11.0. The van der Waals surface area contributed by atoms with Crippen molar-refractivity contribution in [2.45, 2.75) is 13.5 Å². The number of aromatic nitrogens is 3. The van der Waals surface area contributed by atoms with Gasteiger partial charge in [-0.2, -0.15) is 5.10 Å². The van der Waals surface area contributed by atoms with Crippen LogP contribution in [-0.2, 0) is 13.6 Å². The lowest BCUT2D eigenvalue weighted by molar-refractivity contribution is 0.0946. The molecule has 0 atom stereocenters. The highest BCUT2D eigenvalue weighted by atomic mass is 16.2. The molecule has 1 aromatic carbocycles. The Morgan fingerprint density at radius 3 is 2.83 bits per heavy atom. The Labute approximate surface area is 132 Å². The average Bonchev–Trinajstić information content (AvgIpc) is 2.79. The summed E-state index contributed by atoms with van der Waals surface area (Å²) >= 11 is 0. The van der Waals surface area contributed by atoms with Gasteiger partial charge < -0.3 is 16.0 Å². The molecule has 0 unspecified atom stereocenters. The van der Waals surface area contributed by atoms with Crippen molar-refractivity contribution >= 4 is 22.5 Å². The summed E-state index contributed by atoms with van der Waals surface area (Å²) in [4.78, 5) is 26.8. The molecule has 0 saturated heterocycles. The monoisotopic (exact) mass is 311 g/mol. The van der Waals surface area contributed by atoms with Gasteiger partial charge in [0.2, 0.25) is 5.56 Å². The molecule has 3 rings (SSSR count). The van der Waals surface area contributed by atoms with Gasteiger partial charge in [0.25, 0.3) is 5.91 Å². The number of nitrogens with zero attached hydrogens (tertiary/aromatic N) is 2. The van der Waals surface area contributed by atoms with Gasteiger partial charge in [-0.1, -0.05) is 18.2 Å². The second-order valence-corrected chi connectivity index (χ2v) is 5.36. The predicted molar refractivity (Wildman–Crippen MR) is 88.1 cm³/mol. The molecular formula is C16H17N5O2. The summed E-state index contributed by atoms with van der Waals surface area (Å²) in [5, 5.41) is 7.77. The molecule has 0 fully saturated rings. The SMILES string of the molecule is Cc1c(N)c(C(=O)NCc2cc(=O)[nH]c3ccccc23)nn1C. The number of nitrogen functional groups attached to an aromatic ring is 1. The Bertz CT molecular complexity index is 955. The number of hydrogen-bond acceptors (Lipinski definition) is 4. The van der Waals surface area contributed by atoms with E-state index in [9.17, 15) is 9.59 Å². The van der Waals surface area contributed by atoms with Crippen LogP contribution in [0.25, 0.3) is 10.9 Å². The van der Waals surface area contributed by atoms with Gasteiger partial charge in [0.15, 0.2) is 5.69 Å². The van der Waals surface area contributed by atoms with Crippen molar-refractivity contribution < 1.29 is 4.79 Å². The van der Waals surface area contributed by atoms with Crippen LogP contribution < -0.4 is 16.6 Å². The van der Waals surface area contributed by atoms with Gasteiger partial charge in [0.1, 0.15) is 0 Å². The third kappa shape index (κ3) is 2.68. The number of para-hydroxylation sites is 1. The number of carbonyl (C=O) groups excluding carboxylic acids is 1. The maximum atomic E-state index is 12.3. The van der Waals surface area contributed by atoms with Crippen molar-refractivity contribution in [1.82, 2.24) is 20.1 Å². The lowest BCUT2D eigenvalue weighted by Crippen LogP contribution is -2.25. The van der Waals surface area contributed by atoms with E-state index in [1.54, 1.807) is 18.7 Å². The third-order valence-corrected chi connectivity index (χ3v) is 3.87. The third-order valence-electron chi connectivity index (χ3n) is 3.87. The zero-order valence-corrected chi connectivity index (χ0v) is 12.9. The normalized spacial score (nSPS) is 10.9. The predicted octanol–water partition coefficient (Wildman–Crippen LogP) is 1.08. The van der Waals surface area contributed by atoms with E-state index < -0.39 is 0 Å². The lowest BCUT2D eigenvalue weighted by Gasteiger charge is -2.07. The molecule has 0 aliphatic carbocycles. The Balaban J connectivity index is 1.87. The van der Waals surface area contributed by atoms with Crippen molar-refractivity contribution in [2.75, 3.05) is 5.73 Å². The summed E-state index contributed by atoms with van der Waals surface area (Å²) < 4.78 is 1.56. The minimum atomic E-state index is -0.365. The van der Waals surface area contributed by atoms with Crippen molar-refractivity contribution in [1.29, 1.82) is 0 Å². The fourth-order valence-electron chi connectivity index (χ4n) is 2.47. The molecule has 0 aliphatic rings. The lowest BCUT2D eigenvalue weighted by atomic mass is 10.1. The highest BCUT2D eigenvalue weighted by Gasteiger charge is 2.17. The van der Waals surface area contributed by atoms with Gasteiger partial charge in [-0.05, 0) is 18.6 Å². The number of aryl methyl sites for hydroxylation is 1. The van der Waals surface area contributed by atoms with Crippen LogP contribution in [0.1, 0.15) is 21.7 Å². The molecule has 2 aromatic heterocycles. The number of nitrogens with one attached hydrogen (secondary N) is 2. The van der Waals surface area contributed by atoms with Crippen LogP contribution >= 0.6 is 0 Å². The number of fused-ring (bicyclic) bond motifs is 1. The van der Waals surface area contributed by atoms with E-state index in [-0.39, 0.29) is 23.7 Å². The Morgan fingerprint density at radius 1 is 1.39 bits per heavy atom. The molecule has 23 heavy (non-hydrogen) atoms. The Hall–Kier alpha value is -3.09. The fraction of sp³-hybridized carbons (Fsp3) is 0.188. The zero-order valence-electron chi connectivity index (χ0n) is 12.9. The maximum absolute atomic E-state index is 12.3. The van der Waals surface area contributed by atoms with E-state index in [0.717, 1.165) is 22.2 Å². The molecule has 7 heteroatoms. The van der Waals surface area contributed by atoms with Crippen molar-refractivity contribution in [2.24, 2.45) is 7.05 Å². The number of pyridine rings is 1. The van der Waals surface area contributed by atoms with Gasteiger partial charge in [0.05, 0.1) is 11.4 Å². The number of rotatable bonds is 3. The molecule has 2 heterocycles. The molecule has 1 amide bonds. The standard InChI is InChI=1S/C16H17N5O2/c1-9-14(17)15(20-21(9)2)16(23)18-8-10-7-13(22)19-12-6-4-3-5-11(10)12/h3-7H,8,17H2,1-2H3,(H,18,23)(H,19,22). The van der Waals surface area contributed by atoms with Crippen molar-refractivity contribution in [3.05, 3.63) is 57.6 Å². The smallest absolute Gasteiger partial charge is 0.274 e. The molecular weight excluding hydrogens is 294 g/mol. The Kier molecular flexibility index (Phi) is 3.61. The molecule has 118 valence electrons. The van der Waals surface area contributed by atoms with Crippen molar-refractivity contribution in [3.8, 4) is 0 Å². The number of amides is 1. The second-order valence-electron chi connectivity index (χ2n) is 5.36. The van der Waals surface area contributed by atoms with E-state index in [2.05, 4.69) is 15.4 Å².